The summed E-state index contributed by atoms with van der Waals surface area (Å²) >= 11 is 5.89. The number of ketones is 1. The molecule has 0 radical (unpaired) electrons. The molecule has 3 heteroatoms. The van der Waals surface area contributed by atoms with Crippen molar-refractivity contribution in [2.24, 2.45) is 5.92 Å². The first kappa shape index (κ1) is 11.2. The monoisotopic (exact) mass is 250 g/mol. The van der Waals surface area contributed by atoms with Gasteiger partial charge >= 0.3 is 0 Å². The Kier molecular flexibility index (Phi) is 2.72. The van der Waals surface area contributed by atoms with Gasteiger partial charge in [0.15, 0.2) is 5.78 Å². The van der Waals surface area contributed by atoms with Gasteiger partial charge < -0.3 is 4.48 Å². The number of benzene rings is 1. The standard InChI is InChI=1S/C14H17ClNO/c15-13-3-1-11(2-4-13)9-16-7-5-12(6-8-16)14(17)10-16/h1-4,12H,5-10H2/q+1. The topological polar surface area (TPSA) is 17.1 Å². The summed E-state index contributed by atoms with van der Waals surface area (Å²) < 4.78 is 0.969. The van der Waals surface area contributed by atoms with Gasteiger partial charge in [-0.2, -0.15) is 0 Å². The molecule has 0 saturated carbocycles. The third-order valence-corrected chi connectivity index (χ3v) is 4.53. The number of quaternary nitrogens is 1. The highest BCUT2D eigenvalue weighted by Crippen LogP contribution is 2.33. The van der Waals surface area contributed by atoms with Crippen molar-refractivity contribution >= 4 is 17.4 Å². The molecule has 2 nitrogen and oxygen atoms in total. The zero-order valence-corrected chi connectivity index (χ0v) is 10.6. The number of carbonyl (C=O) groups is 1. The molecule has 1 aromatic rings. The van der Waals surface area contributed by atoms with Crippen molar-refractivity contribution in [3.05, 3.63) is 34.9 Å². The maximum Gasteiger partial charge on any atom is 0.190 e. The lowest BCUT2D eigenvalue weighted by Gasteiger charge is -2.48. The molecule has 0 atom stereocenters. The molecule has 2 bridgehead atoms. The van der Waals surface area contributed by atoms with E-state index in [1.807, 2.05) is 12.1 Å². The van der Waals surface area contributed by atoms with Gasteiger partial charge in [0, 0.05) is 29.3 Å². The number of hydrogen-bond acceptors (Lipinski definition) is 1. The Labute approximate surface area is 107 Å². The molecule has 0 aromatic heterocycles. The molecule has 17 heavy (non-hydrogen) atoms. The Morgan fingerprint density at radius 3 is 2.41 bits per heavy atom. The van der Waals surface area contributed by atoms with E-state index in [-0.39, 0.29) is 0 Å². The molecule has 0 aliphatic carbocycles. The second-order valence-corrected chi connectivity index (χ2v) is 5.91. The van der Waals surface area contributed by atoms with E-state index < -0.39 is 0 Å². The summed E-state index contributed by atoms with van der Waals surface area (Å²) in [5.41, 5.74) is 1.29. The highest BCUT2D eigenvalue weighted by molar-refractivity contribution is 6.30. The van der Waals surface area contributed by atoms with Crippen LogP contribution in [0.1, 0.15) is 18.4 Å². The fourth-order valence-corrected chi connectivity index (χ4v) is 3.37. The number of piperidine rings is 3. The lowest BCUT2D eigenvalue weighted by Crippen LogP contribution is -2.61. The van der Waals surface area contributed by atoms with Gasteiger partial charge in [0.2, 0.25) is 0 Å². The molecular weight excluding hydrogens is 234 g/mol. The number of halogens is 1. The largest absolute Gasteiger partial charge is 0.314 e. The van der Waals surface area contributed by atoms with Crippen LogP contribution in [-0.4, -0.2) is 29.9 Å². The van der Waals surface area contributed by atoms with Crippen LogP contribution in [0.15, 0.2) is 24.3 Å². The molecule has 3 heterocycles. The van der Waals surface area contributed by atoms with Crippen LogP contribution in [0.4, 0.5) is 0 Å². The average molecular weight is 251 g/mol. The van der Waals surface area contributed by atoms with E-state index in [9.17, 15) is 4.79 Å². The first-order valence-electron chi connectivity index (χ1n) is 6.29. The van der Waals surface area contributed by atoms with Gasteiger partial charge in [-0.1, -0.05) is 23.7 Å². The molecule has 0 N–H and O–H groups in total. The molecule has 3 aliphatic rings. The lowest BCUT2D eigenvalue weighted by molar-refractivity contribution is -0.943. The molecular formula is C14H17ClNO+. The van der Waals surface area contributed by atoms with Gasteiger partial charge in [0.1, 0.15) is 13.1 Å². The molecule has 90 valence electrons. The molecule has 3 fully saturated rings. The summed E-state index contributed by atoms with van der Waals surface area (Å²) in [5, 5.41) is 0.780. The zero-order valence-electron chi connectivity index (χ0n) is 9.86. The van der Waals surface area contributed by atoms with Crippen molar-refractivity contribution < 1.29 is 9.28 Å². The highest BCUT2D eigenvalue weighted by atomic mass is 35.5. The van der Waals surface area contributed by atoms with Crippen LogP contribution in [0.5, 0.6) is 0 Å². The van der Waals surface area contributed by atoms with E-state index in [4.69, 9.17) is 11.6 Å². The summed E-state index contributed by atoms with van der Waals surface area (Å²) in [6.07, 6.45) is 2.18. The van der Waals surface area contributed by atoms with Gasteiger partial charge in [-0.15, -0.1) is 0 Å². The van der Waals surface area contributed by atoms with Crippen LogP contribution in [0.25, 0.3) is 0 Å². The van der Waals surface area contributed by atoms with E-state index in [0.717, 1.165) is 35.4 Å². The van der Waals surface area contributed by atoms with Crippen LogP contribution >= 0.6 is 11.6 Å². The second kappa shape index (κ2) is 4.11. The number of rotatable bonds is 2. The third-order valence-electron chi connectivity index (χ3n) is 4.28. The van der Waals surface area contributed by atoms with Gasteiger partial charge in [-0.25, -0.2) is 0 Å². The smallest absolute Gasteiger partial charge is 0.190 e. The number of Topliss-reactive ketones (excluding diaryl/α,β-unsaturated/α-hetero) is 1. The quantitative estimate of drug-likeness (QED) is 0.738. The predicted octanol–water partition coefficient (Wildman–Crippen LogP) is 2.65. The highest BCUT2D eigenvalue weighted by Gasteiger charge is 2.44. The maximum absolute atomic E-state index is 11.9. The zero-order chi connectivity index (χ0) is 11.9. The van der Waals surface area contributed by atoms with Crippen molar-refractivity contribution in [3.8, 4) is 0 Å². The minimum absolute atomic E-state index is 0.375. The van der Waals surface area contributed by atoms with Gasteiger partial charge in [0.05, 0.1) is 13.1 Å². The van der Waals surface area contributed by atoms with Crippen molar-refractivity contribution in [1.29, 1.82) is 0 Å². The Morgan fingerprint density at radius 2 is 1.82 bits per heavy atom. The van der Waals surface area contributed by atoms with Crippen molar-refractivity contribution in [1.82, 2.24) is 0 Å². The van der Waals surface area contributed by atoms with Gasteiger partial charge in [0.25, 0.3) is 0 Å². The normalized spacial score (nSPS) is 31.8. The second-order valence-electron chi connectivity index (χ2n) is 5.47. The summed E-state index contributed by atoms with van der Waals surface area (Å²) in [5.74, 6) is 0.858. The van der Waals surface area contributed by atoms with Crippen LogP contribution < -0.4 is 0 Å². The Balaban J connectivity index is 1.79. The predicted molar refractivity (Wildman–Crippen MR) is 67.7 cm³/mol. The number of carbonyl (C=O) groups excluding carboxylic acids is 1. The molecule has 0 spiro atoms. The average Bonchev–Trinajstić information content (AvgIpc) is 2.33. The summed E-state index contributed by atoms with van der Waals surface area (Å²) in [6.45, 7) is 4.06. The molecule has 0 amide bonds. The van der Waals surface area contributed by atoms with Crippen molar-refractivity contribution in [2.75, 3.05) is 19.6 Å². The summed E-state index contributed by atoms with van der Waals surface area (Å²) in [7, 11) is 0. The first-order chi connectivity index (χ1) is 8.17. The Hall–Kier alpha value is -0.860. The maximum atomic E-state index is 11.9. The molecule has 1 aromatic carbocycles. The van der Waals surface area contributed by atoms with E-state index in [0.29, 0.717) is 11.7 Å². The van der Waals surface area contributed by atoms with Crippen LogP contribution in [-0.2, 0) is 11.3 Å². The fourth-order valence-electron chi connectivity index (χ4n) is 3.25. The minimum atomic E-state index is 0.375. The minimum Gasteiger partial charge on any atom is -0.314 e. The van der Waals surface area contributed by atoms with E-state index in [1.165, 1.54) is 18.7 Å². The first-order valence-corrected chi connectivity index (χ1v) is 6.67. The number of nitrogens with zero attached hydrogens (tertiary/aromatic N) is 1. The lowest BCUT2D eigenvalue weighted by atomic mass is 9.84. The van der Waals surface area contributed by atoms with Crippen LogP contribution in [0.2, 0.25) is 5.02 Å². The Morgan fingerprint density at radius 1 is 1.18 bits per heavy atom. The van der Waals surface area contributed by atoms with Crippen LogP contribution in [0.3, 0.4) is 0 Å². The van der Waals surface area contributed by atoms with Gasteiger partial charge in [-0.05, 0) is 12.1 Å². The molecule has 0 unspecified atom stereocenters. The van der Waals surface area contributed by atoms with Crippen LogP contribution in [0, 0.1) is 5.92 Å². The van der Waals surface area contributed by atoms with Crippen molar-refractivity contribution in [3.63, 3.8) is 0 Å². The van der Waals surface area contributed by atoms with E-state index in [2.05, 4.69) is 12.1 Å². The molecule has 3 aliphatic heterocycles. The number of fused-ring (bicyclic) bond motifs is 3. The fraction of sp³-hybridized carbons (Fsp3) is 0.500. The Bertz CT molecular complexity index is 432. The number of hydrogen-bond donors (Lipinski definition) is 0. The van der Waals surface area contributed by atoms with E-state index >= 15 is 0 Å². The van der Waals surface area contributed by atoms with E-state index in [1.54, 1.807) is 0 Å². The van der Waals surface area contributed by atoms with Crippen molar-refractivity contribution in [2.45, 2.75) is 19.4 Å². The third kappa shape index (κ3) is 2.12. The SMILES string of the molecule is O=C1C[N+]2(Cc3ccc(Cl)cc3)CCC1CC2. The summed E-state index contributed by atoms with van der Waals surface area (Å²) in [6, 6.07) is 8.04. The molecule has 4 rings (SSSR count). The summed E-state index contributed by atoms with van der Waals surface area (Å²) in [4.78, 5) is 11.9. The van der Waals surface area contributed by atoms with Gasteiger partial charge in [-0.3, -0.25) is 4.79 Å². The molecule has 3 saturated heterocycles.